The number of hydrogen-bond donors (Lipinski definition) is 1. The molecule has 0 aromatic heterocycles. The minimum absolute atomic E-state index is 0.429. The first-order valence-corrected chi connectivity index (χ1v) is 6.61. The van der Waals surface area contributed by atoms with E-state index in [1.165, 1.54) is 18.8 Å². The summed E-state index contributed by atoms with van der Waals surface area (Å²) in [5.74, 6) is 1.69. The molecule has 0 radical (unpaired) electrons. The molecule has 2 heteroatoms. The lowest BCUT2D eigenvalue weighted by molar-refractivity contribution is -0.00741. The van der Waals surface area contributed by atoms with Crippen molar-refractivity contribution in [2.45, 2.75) is 19.9 Å². The molecule has 1 aromatic rings. The Morgan fingerprint density at radius 2 is 1.88 bits per heavy atom. The second-order valence-corrected chi connectivity index (χ2v) is 6.14. The molecular formula is C15H22N2. The molecule has 2 aliphatic rings. The lowest BCUT2D eigenvalue weighted by Gasteiger charge is -2.59. The van der Waals surface area contributed by atoms with Crippen molar-refractivity contribution in [3.8, 4) is 0 Å². The van der Waals surface area contributed by atoms with Crippen molar-refractivity contribution in [2.24, 2.45) is 17.3 Å². The number of para-hydroxylation sites is 1. The lowest BCUT2D eigenvalue weighted by Crippen LogP contribution is -2.64. The Morgan fingerprint density at radius 3 is 2.59 bits per heavy atom. The average molecular weight is 230 g/mol. The molecule has 1 heterocycles. The second kappa shape index (κ2) is 3.74. The first-order valence-electron chi connectivity index (χ1n) is 6.61. The summed E-state index contributed by atoms with van der Waals surface area (Å²) in [5, 5.41) is 3.55. The van der Waals surface area contributed by atoms with E-state index >= 15 is 0 Å². The van der Waals surface area contributed by atoms with E-state index < -0.39 is 0 Å². The van der Waals surface area contributed by atoms with Crippen molar-refractivity contribution in [1.82, 2.24) is 5.32 Å². The van der Waals surface area contributed by atoms with Crippen molar-refractivity contribution in [2.75, 3.05) is 25.0 Å². The molecule has 3 rings (SSSR count). The van der Waals surface area contributed by atoms with Gasteiger partial charge in [0.2, 0.25) is 0 Å². The van der Waals surface area contributed by atoms with Gasteiger partial charge in [0.15, 0.2) is 0 Å². The van der Waals surface area contributed by atoms with Crippen molar-refractivity contribution in [3.63, 3.8) is 0 Å². The van der Waals surface area contributed by atoms with E-state index in [1.54, 1.807) is 0 Å². The number of nitrogens with zero attached hydrogens (tertiary/aromatic N) is 1. The second-order valence-electron chi connectivity index (χ2n) is 6.14. The fourth-order valence-electron chi connectivity index (χ4n) is 4.11. The van der Waals surface area contributed by atoms with Gasteiger partial charge >= 0.3 is 0 Å². The van der Waals surface area contributed by atoms with E-state index in [1.807, 2.05) is 0 Å². The van der Waals surface area contributed by atoms with E-state index in [0.29, 0.717) is 11.5 Å². The highest BCUT2D eigenvalue weighted by Crippen LogP contribution is 2.55. The zero-order valence-corrected chi connectivity index (χ0v) is 11.0. The highest BCUT2D eigenvalue weighted by atomic mass is 15.2. The monoisotopic (exact) mass is 230 g/mol. The van der Waals surface area contributed by atoms with E-state index in [2.05, 4.69) is 61.4 Å². The van der Waals surface area contributed by atoms with Crippen LogP contribution in [0.1, 0.15) is 13.8 Å². The van der Waals surface area contributed by atoms with Crippen LogP contribution in [-0.2, 0) is 0 Å². The van der Waals surface area contributed by atoms with E-state index in [0.717, 1.165) is 11.8 Å². The van der Waals surface area contributed by atoms with Gasteiger partial charge in [-0.2, -0.15) is 0 Å². The van der Waals surface area contributed by atoms with E-state index in [-0.39, 0.29) is 0 Å². The lowest BCUT2D eigenvalue weighted by atomic mass is 9.52. The van der Waals surface area contributed by atoms with Crippen LogP contribution in [0.2, 0.25) is 0 Å². The zero-order valence-electron chi connectivity index (χ0n) is 11.0. The summed E-state index contributed by atoms with van der Waals surface area (Å²) in [7, 11) is 2.25. The Kier molecular flexibility index (Phi) is 2.44. The molecule has 2 nitrogen and oxygen atoms in total. The Labute approximate surface area is 104 Å². The summed E-state index contributed by atoms with van der Waals surface area (Å²) in [5.41, 5.74) is 1.77. The first-order chi connectivity index (χ1) is 8.12. The van der Waals surface area contributed by atoms with E-state index in [4.69, 9.17) is 0 Å². The minimum atomic E-state index is 0.429. The van der Waals surface area contributed by atoms with Crippen LogP contribution in [-0.4, -0.2) is 26.2 Å². The molecular weight excluding hydrogens is 208 g/mol. The standard InChI is InChI=1S/C15H22N2/c1-15(2)13-10-16-9-12(13)14(15)17(3)11-7-5-4-6-8-11/h4-8,12-14,16H,9-10H2,1-3H3/t12-,13+,14+/m1/s1. The van der Waals surface area contributed by atoms with Gasteiger partial charge < -0.3 is 10.2 Å². The van der Waals surface area contributed by atoms with Crippen LogP contribution in [0.25, 0.3) is 0 Å². The van der Waals surface area contributed by atoms with E-state index in [9.17, 15) is 0 Å². The minimum Gasteiger partial charge on any atom is -0.371 e. The highest BCUT2D eigenvalue weighted by molar-refractivity contribution is 5.48. The number of hydrogen-bond acceptors (Lipinski definition) is 2. The molecule has 1 aliphatic carbocycles. The molecule has 0 unspecified atom stereocenters. The van der Waals surface area contributed by atoms with Gasteiger partial charge in [-0.15, -0.1) is 0 Å². The fourth-order valence-corrected chi connectivity index (χ4v) is 4.11. The SMILES string of the molecule is CN(c1ccccc1)[C@H]1[C@@H]2CNC[C@@H]2C1(C)C. The third-order valence-corrected chi connectivity index (χ3v) is 4.97. The van der Waals surface area contributed by atoms with Crippen LogP contribution >= 0.6 is 0 Å². The maximum Gasteiger partial charge on any atom is 0.0384 e. The molecule has 0 amide bonds. The summed E-state index contributed by atoms with van der Waals surface area (Å²) in [6.07, 6.45) is 0. The predicted molar refractivity (Wildman–Crippen MR) is 72.3 cm³/mol. The Balaban J connectivity index is 1.85. The van der Waals surface area contributed by atoms with Gasteiger partial charge in [0.25, 0.3) is 0 Å². The molecule has 0 spiro atoms. The van der Waals surface area contributed by atoms with Gasteiger partial charge in [-0.3, -0.25) is 0 Å². The fraction of sp³-hybridized carbons (Fsp3) is 0.600. The van der Waals surface area contributed by atoms with Crippen molar-refractivity contribution < 1.29 is 0 Å². The van der Waals surface area contributed by atoms with Gasteiger partial charge in [0, 0.05) is 25.3 Å². The number of benzene rings is 1. The topological polar surface area (TPSA) is 15.3 Å². The van der Waals surface area contributed by atoms with Gasteiger partial charge in [0.1, 0.15) is 0 Å². The number of anilines is 1. The number of fused-ring (bicyclic) bond motifs is 1. The summed E-state index contributed by atoms with van der Waals surface area (Å²) in [6, 6.07) is 11.4. The van der Waals surface area contributed by atoms with Crippen LogP contribution in [0.4, 0.5) is 5.69 Å². The van der Waals surface area contributed by atoms with Gasteiger partial charge in [-0.25, -0.2) is 0 Å². The van der Waals surface area contributed by atoms with Crippen LogP contribution in [0, 0.1) is 17.3 Å². The third-order valence-electron chi connectivity index (χ3n) is 4.97. The zero-order chi connectivity index (χ0) is 12.0. The summed E-state index contributed by atoms with van der Waals surface area (Å²) < 4.78 is 0. The summed E-state index contributed by atoms with van der Waals surface area (Å²) >= 11 is 0. The number of rotatable bonds is 2. The largest absolute Gasteiger partial charge is 0.371 e. The average Bonchev–Trinajstić information content (AvgIpc) is 2.76. The first kappa shape index (κ1) is 11.1. The maximum absolute atomic E-state index is 3.55. The molecule has 1 aromatic carbocycles. The summed E-state index contributed by atoms with van der Waals surface area (Å²) in [6.45, 7) is 7.24. The predicted octanol–water partition coefficient (Wildman–Crippen LogP) is 2.37. The van der Waals surface area contributed by atoms with Crippen LogP contribution < -0.4 is 10.2 Å². The molecule has 1 aliphatic heterocycles. The van der Waals surface area contributed by atoms with Gasteiger partial charge in [-0.05, 0) is 35.9 Å². The molecule has 3 atom stereocenters. The van der Waals surface area contributed by atoms with Gasteiger partial charge in [-0.1, -0.05) is 32.0 Å². The highest BCUT2D eigenvalue weighted by Gasteiger charge is 2.59. The van der Waals surface area contributed by atoms with Crippen LogP contribution in [0.3, 0.4) is 0 Å². The smallest absolute Gasteiger partial charge is 0.0384 e. The summed E-state index contributed by atoms with van der Waals surface area (Å²) in [4.78, 5) is 2.48. The van der Waals surface area contributed by atoms with Crippen molar-refractivity contribution in [3.05, 3.63) is 30.3 Å². The quantitative estimate of drug-likeness (QED) is 0.839. The molecule has 92 valence electrons. The Bertz CT molecular complexity index is 399. The molecule has 0 bridgehead atoms. The van der Waals surface area contributed by atoms with Crippen molar-refractivity contribution in [1.29, 1.82) is 0 Å². The Hall–Kier alpha value is -1.02. The number of nitrogens with one attached hydrogen (secondary N) is 1. The third kappa shape index (κ3) is 1.50. The van der Waals surface area contributed by atoms with Crippen LogP contribution in [0.5, 0.6) is 0 Å². The Morgan fingerprint density at radius 1 is 1.18 bits per heavy atom. The molecule has 1 saturated heterocycles. The normalized spacial score (nSPS) is 33.9. The molecule has 2 fully saturated rings. The molecule has 17 heavy (non-hydrogen) atoms. The molecule has 1 N–H and O–H groups in total. The maximum atomic E-state index is 3.55. The van der Waals surface area contributed by atoms with Gasteiger partial charge in [0.05, 0.1) is 0 Å². The van der Waals surface area contributed by atoms with Crippen molar-refractivity contribution >= 4 is 5.69 Å². The van der Waals surface area contributed by atoms with Crippen LogP contribution in [0.15, 0.2) is 30.3 Å². The molecule has 1 saturated carbocycles.